The molecule has 2 heteroatoms. The van der Waals surface area contributed by atoms with Crippen LogP contribution in [0.3, 0.4) is 0 Å². The van der Waals surface area contributed by atoms with Gasteiger partial charge in [-0.05, 0) is 30.0 Å². The molecule has 0 aliphatic heterocycles. The van der Waals surface area contributed by atoms with E-state index < -0.39 is 0 Å². The molecule has 0 aromatic heterocycles. The van der Waals surface area contributed by atoms with Crippen molar-refractivity contribution >= 4 is 0 Å². The summed E-state index contributed by atoms with van der Waals surface area (Å²) in [5.41, 5.74) is 2.83. The molecule has 0 N–H and O–H groups in total. The van der Waals surface area contributed by atoms with E-state index in [0.717, 1.165) is 25.0 Å². The summed E-state index contributed by atoms with van der Waals surface area (Å²) in [6, 6.07) is 14.9. The van der Waals surface area contributed by atoms with Gasteiger partial charge in [0.2, 0.25) is 0 Å². The van der Waals surface area contributed by atoms with Crippen LogP contribution in [0.5, 0.6) is 0 Å². The lowest BCUT2D eigenvalue weighted by Crippen LogP contribution is -1.92. The van der Waals surface area contributed by atoms with Gasteiger partial charge in [0.1, 0.15) is 5.82 Å². The largest absolute Gasteiger partial charge is 0.385 e. The van der Waals surface area contributed by atoms with Crippen molar-refractivity contribution in [2.75, 3.05) is 13.7 Å². The first-order chi connectivity index (χ1) is 8.81. The molecular weight excluding hydrogens is 227 g/mol. The first-order valence-corrected chi connectivity index (χ1v) is 6.14. The average Bonchev–Trinajstić information content (AvgIpc) is 2.41. The number of hydrogen-bond acceptors (Lipinski definition) is 1. The molecule has 0 saturated heterocycles. The minimum Gasteiger partial charge on any atom is -0.385 e. The lowest BCUT2D eigenvalue weighted by molar-refractivity contribution is 0.195. The highest BCUT2D eigenvalue weighted by atomic mass is 19.1. The highest BCUT2D eigenvalue weighted by molar-refractivity contribution is 5.64. The zero-order valence-electron chi connectivity index (χ0n) is 10.5. The smallest absolute Gasteiger partial charge is 0.131 e. The summed E-state index contributed by atoms with van der Waals surface area (Å²) in [5, 5.41) is 0. The molecular formula is C16H17FO. The van der Waals surface area contributed by atoms with E-state index in [9.17, 15) is 4.39 Å². The Morgan fingerprint density at radius 3 is 2.39 bits per heavy atom. The van der Waals surface area contributed by atoms with Crippen LogP contribution in [0.15, 0.2) is 48.5 Å². The van der Waals surface area contributed by atoms with Crippen molar-refractivity contribution in [2.24, 2.45) is 0 Å². The molecule has 0 atom stereocenters. The second-order valence-electron chi connectivity index (χ2n) is 4.27. The molecule has 1 nitrogen and oxygen atoms in total. The van der Waals surface area contributed by atoms with Crippen LogP contribution in [0.4, 0.5) is 4.39 Å². The summed E-state index contributed by atoms with van der Waals surface area (Å²) in [7, 11) is 1.71. The van der Waals surface area contributed by atoms with Crippen LogP contribution in [0.2, 0.25) is 0 Å². The number of methoxy groups -OCH3 is 1. The summed E-state index contributed by atoms with van der Waals surface area (Å²) in [5.74, 6) is -0.176. The fourth-order valence-electron chi connectivity index (χ4n) is 1.97. The molecule has 0 bridgehead atoms. The van der Waals surface area contributed by atoms with Gasteiger partial charge in [-0.25, -0.2) is 4.39 Å². The van der Waals surface area contributed by atoms with Crippen LogP contribution in [0, 0.1) is 5.82 Å². The van der Waals surface area contributed by atoms with E-state index in [2.05, 4.69) is 12.1 Å². The summed E-state index contributed by atoms with van der Waals surface area (Å²) in [6.45, 7) is 0.773. The maximum absolute atomic E-state index is 13.6. The van der Waals surface area contributed by atoms with Crippen LogP contribution < -0.4 is 0 Å². The maximum atomic E-state index is 13.6. The Hall–Kier alpha value is -1.67. The molecule has 0 radical (unpaired) electrons. The van der Waals surface area contributed by atoms with Gasteiger partial charge in [0.15, 0.2) is 0 Å². The molecule has 94 valence electrons. The zero-order valence-corrected chi connectivity index (χ0v) is 10.5. The number of rotatable bonds is 5. The maximum Gasteiger partial charge on any atom is 0.131 e. The third-order valence-electron chi connectivity index (χ3n) is 2.95. The lowest BCUT2D eigenvalue weighted by atomic mass is 10.0. The molecule has 2 aromatic carbocycles. The SMILES string of the molecule is COCCCc1ccc(-c2ccccc2F)cc1. The quantitative estimate of drug-likeness (QED) is 0.720. The Morgan fingerprint density at radius 2 is 1.72 bits per heavy atom. The molecule has 0 unspecified atom stereocenters. The summed E-state index contributed by atoms with van der Waals surface area (Å²) < 4.78 is 18.6. The first-order valence-electron chi connectivity index (χ1n) is 6.14. The van der Waals surface area contributed by atoms with Crippen molar-refractivity contribution in [3.63, 3.8) is 0 Å². The van der Waals surface area contributed by atoms with E-state index in [4.69, 9.17) is 4.74 Å². The summed E-state index contributed by atoms with van der Waals surface area (Å²) in [6.07, 6.45) is 2.00. The number of halogens is 1. The second kappa shape index (κ2) is 6.31. The molecule has 2 rings (SSSR count). The van der Waals surface area contributed by atoms with E-state index in [1.165, 1.54) is 11.6 Å². The van der Waals surface area contributed by atoms with Gasteiger partial charge in [0, 0.05) is 19.3 Å². The number of ether oxygens (including phenoxy) is 1. The van der Waals surface area contributed by atoms with Crippen LogP contribution in [-0.2, 0) is 11.2 Å². The van der Waals surface area contributed by atoms with Gasteiger partial charge in [-0.15, -0.1) is 0 Å². The standard InChI is InChI=1S/C16H17FO/c1-18-12-4-5-13-8-10-14(11-9-13)15-6-2-3-7-16(15)17/h2-3,6-11H,4-5,12H2,1H3. The van der Waals surface area contributed by atoms with Crippen molar-refractivity contribution in [2.45, 2.75) is 12.8 Å². The van der Waals surface area contributed by atoms with Gasteiger partial charge in [0.05, 0.1) is 0 Å². The Labute approximate surface area is 107 Å². The highest BCUT2D eigenvalue weighted by Crippen LogP contribution is 2.22. The highest BCUT2D eigenvalue weighted by Gasteiger charge is 2.03. The Morgan fingerprint density at radius 1 is 1.00 bits per heavy atom. The van der Waals surface area contributed by atoms with Gasteiger partial charge >= 0.3 is 0 Å². The van der Waals surface area contributed by atoms with Crippen LogP contribution in [0.25, 0.3) is 11.1 Å². The number of aryl methyl sites for hydroxylation is 1. The Balaban J connectivity index is 2.10. The summed E-state index contributed by atoms with van der Waals surface area (Å²) >= 11 is 0. The topological polar surface area (TPSA) is 9.23 Å². The molecule has 0 amide bonds. The van der Waals surface area contributed by atoms with Gasteiger partial charge in [-0.2, -0.15) is 0 Å². The van der Waals surface area contributed by atoms with E-state index in [1.54, 1.807) is 19.2 Å². The van der Waals surface area contributed by atoms with E-state index >= 15 is 0 Å². The van der Waals surface area contributed by atoms with Crippen molar-refractivity contribution in [3.05, 3.63) is 59.9 Å². The van der Waals surface area contributed by atoms with E-state index in [-0.39, 0.29) is 5.82 Å². The predicted molar refractivity (Wildman–Crippen MR) is 72.0 cm³/mol. The molecule has 0 aliphatic carbocycles. The molecule has 18 heavy (non-hydrogen) atoms. The van der Waals surface area contributed by atoms with Gasteiger partial charge < -0.3 is 4.74 Å². The number of benzene rings is 2. The molecule has 0 heterocycles. The third-order valence-corrected chi connectivity index (χ3v) is 2.95. The zero-order chi connectivity index (χ0) is 12.8. The van der Waals surface area contributed by atoms with Crippen LogP contribution >= 0.6 is 0 Å². The fourth-order valence-corrected chi connectivity index (χ4v) is 1.97. The van der Waals surface area contributed by atoms with Crippen molar-refractivity contribution in [3.8, 4) is 11.1 Å². The normalized spacial score (nSPS) is 10.6. The first kappa shape index (κ1) is 12.8. The molecule has 2 aromatic rings. The van der Waals surface area contributed by atoms with Gasteiger partial charge in [0.25, 0.3) is 0 Å². The van der Waals surface area contributed by atoms with Crippen molar-refractivity contribution in [1.82, 2.24) is 0 Å². The van der Waals surface area contributed by atoms with Gasteiger partial charge in [-0.3, -0.25) is 0 Å². The average molecular weight is 244 g/mol. The minimum absolute atomic E-state index is 0.176. The van der Waals surface area contributed by atoms with Crippen LogP contribution in [-0.4, -0.2) is 13.7 Å². The Kier molecular flexibility index (Phi) is 4.48. The molecule has 0 fully saturated rings. The predicted octanol–water partition coefficient (Wildman–Crippen LogP) is 4.07. The van der Waals surface area contributed by atoms with Crippen LogP contribution in [0.1, 0.15) is 12.0 Å². The monoisotopic (exact) mass is 244 g/mol. The van der Waals surface area contributed by atoms with Gasteiger partial charge in [-0.1, -0.05) is 42.5 Å². The fraction of sp³-hybridized carbons (Fsp3) is 0.250. The third kappa shape index (κ3) is 3.17. The molecule has 0 saturated carbocycles. The van der Waals surface area contributed by atoms with Crippen molar-refractivity contribution < 1.29 is 9.13 Å². The van der Waals surface area contributed by atoms with E-state index in [0.29, 0.717) is 5.56 Å². The minimum atomic E-state index is -0.176. The Bertz CT molecular complexity index is 491. The molecule has 0 aliphatic rings. The van der Waals surface area contributed by atoms with E-state index in [1.807, 2.05) is 18.2 Å². The lowest BCUT2D eigenvalue weighted by Gasteiger charge is -2.05. The second-order valence-corrected chi connectivity index (χ2v) is 4.27. The number of hydrogen-bond donors (Lipinski definition) is 0. The van der Waals surface area contributed by atoms with Crippen molar-refractivity contribution in [1.29, 1.82) is 0 Å². The summed E-state index contributed by atoms with van der Waals surface area (Å²) in [4.78, 5) is 0. The molecule has 0 spiro atoms.